The number of methoxy groups -OCH3 is 1. The Bertz CT molecular complexity index is 1430. The monoisotopic (exact) mass is 448 g/mol. The summed E-state index contributed by atoms with van der Waals surface area (Å²) >= 11 is 2.79. The second-order valence-corrected chi connectivity index (χ2v) is 8.48. The molecule has 8 nitrogen and oxygen atoms in total. The van der Waals surface area contributed by atoms with Gasteiger partial charge in [-0.3, -0.25) is 9.89 Å². The Labute approximate surface area is 184 Å². The number of ether oxygens (including phenoxy) is 1. The second-order valence-electron chi connectivity index (χ2n) is 6.63. The van der Waals surface area contributed by atoms with Crippen LogP contribution in [0.25, 0.3) is 26.6 Å². The summed E-state index contributed by atoms with van der Waals surface area (Å²) in [5.74, 6) is 0.776. The summed E-state index contributed by atoms with van der Waals surface area (Å²) in [6.07, 6.45) is 0. The van der Waals surface area contributed by atoms with E-state index in [4.69, 9.17) is 4.74 Å². The van der Waals surface area contributed by atoms with Crippen LogP contribution in [0.3, 0.4) is 0 Å². The van der Waals surface area contributed by atoms with Crippen LogP contribution in [0.15, 0.2) is 68.9 Å². The zero-order chi connectivity index (χ0) is 21.4. The maximum Gasteiger partial charge on any atom is 0.301 e. The number of aromatic amines is 1. The molecule has 0 unspecified atom stereocenters. The van der Waals surface area contributed by atoms with Crippen molar-refractivity contribution < 1.29 is 4.74 Å². The molecule has 0 saturated heterocycles. The Morgan fingerprint density at radius 3 is 2.65 bits per heavy atom. The summed E-state index contributed by atoms with van der Waals surface area (Å²) in [5, 5.41) is 14.3. The van der Waals surface area contributed by atoms with Crippen molar-refractivity contribution in [3.63, 3.8) is 0 Å². The van der Waals surface area contributed by atoms with Crippen molar-refractivity contribution in [2.45, 2.75) is 6.92 Å². The number of para-hydroxylation sites is 1. The minimum Gasteiger partial charge on any atom is -0.497 e. The summed E-state index contributed by atoms with van der Waals surface area (Å²) in [5.41, 5.74) is 3.11. The molecule has 3 aromatic heterocycles. The Hall–Kier alpha value is -3.63. The lowest BCUT2D eigenvalue weighted by atomic mass is 10.2. The molecule has 31 heavy (non-hydrogen) atoms. The van der Waals surface area contributed by atoms with E-state index in [1.165, 1.54) is 27.4 Å². The van der Waals surface area contributed by atoms with Gasteiger partial charge < -0.3 is 4.74 Å². The molecule has 154 valence electrons. The van der Waals surface area contributed by atoms with Crippen LogP contribution in [-0.2, 0) is 0 Å². The SMILES string of the molecule is COc1ccc(-c2csc(-n3[nH]c(C)c(N=Nc4nc5ccccc5s4)c3=O)n2)cc1. The molecule has 0 atom stereocenters. The number of H-pyrrole nitrogens is 1. The first-order valence-electron chi connectivity index (χ1n) is 9.31. The van der Waals surface area contributed by atoms with Crippen molar-refractivity contribution in [3.05, 3.63) is 70.0 Å². The van der Waals surface area contributed by atoms with Gasteiger partial charge in [0.1, 0.15) is 5.75 Å². The van der Waals surface area contributed by atoms with E-state index in [9.17, 15) is 4.79 Å². The maximum atomic E-state index is 12.9. The van der Waals surface area contributed by atoms with Crippen molar-refractivity contribution >= 4 is 43.7 Å². The number of nitrogens with one attached hydrogen (secondary N) is 1. The molecule has 0 aliphatic heterocycles. The summed E-state index contributed by atoms with van der Waals surface area (Å²) in [7, 11) is 1.63. The number of benzene rings is 2. The number of fused-ring (bicyclic) bond motifs is 1. The molecule has 0 saturated carbocycles. The van der Waals surface area contributed by atoms with Gasteiger partial charge in [-0.2, -0.15) is 4.68 Å². The highest BCUT2D eigenvalue weighted by Gasteiger charge is 2.15. The molecule has 3 heterocycles. The van der Waals surface area contributed by atoms with E-state index in [-0.39, 0.29) is 11.2 Å². The Morgan fingerprint density at radius 2 is 1.87 bits per heavy atom. The lowest BCUT2D eigenvalue weighted by molar-refractivity contribution is 0.415. The minimum absolute atomic E-state index is 0.237. The zero-order valence-electron chi connectivity index (χ0n) is 16.6. The molecule has 0 aliphatic rings. The van der Waals surface area contributed by atoms with Gasteiger partial charge in [-0.05, 0) is 43.3 Å². The summed E-state index contributed by atoms with van der Waals surface area (Å²) < 4.78 is 7.60. The summed E-state index contributed by atoms with van der Waals surface area (Å²) in [6.45, 7) is 1.78. The molecule has 10 heteroatoms. The van der Waals surface area contributed by atoms with Crippen molar-refractivity contribution in [1.29, 1.82) is 0 Å². The first-order valence-corrected chi connectivity index (χ1v) is 11.0. The van der Waals surface area contributed by atoms with Gasteiger partial charge in [0.25, 0.3) is 0 Å². The highest BCUT2D eigenvalue weighted by Crippen LogP contribution is 2.29. The fraction of sp³-hybridized carbons (Fsp3) is 0.0952. The van der Waals surface area contributed by atoms with Crippen LogP contribution >= 0.6 is 22.7 Å². The molecule has 0 amide bonds. The number of hydrogen-bond donors (Lipinski definition) is 1. The van der Waals surface area contributed by atoms with Crippen LogP contribution in [0.2, 0.25) is 0 Å². The van der Waals surface area contributed by atoms with Gasteiger partial charge in [0.05, 0.1) is 28.7 Å². The van der Waals surface area contributed by atoms with Gasteiger partial charge in [-0.15, -0.1) is 21.6 Å². The Morgan fingerprint density at radius 1 is 1.06 bits per heavy atom. The quantitative estimate of drug-likeness (QED) is 0.352. The largest absolute Gasteiger partial charge is 0.497 e. The fourth-order valence-corrected chi connectivity index (χ4v) is 4.63. The highest BCUT2D eigenvalue weighted by molar-refractivity contribution is 7.21. The van der Waals surface area contributed by atoms with Crippen LogP contribution < -0.4 is 10.3 Å². The zero-order valence-corrected chi connectivity index (χ0v) is 18.2. The normalized spacial score (nSPS) is 11.5. The number of hydrogen-bond acceptors (Lipinski definition) is 8. The number of aryl methyl sites for hydroxylation is 1. The van der Waals surface area contributed by atoms with E-state index in [2.05, 4.69) is 25.3 Å². The average molecular weight is 449 g/mol. The van der Waals surface area contributed by atoms with Gasteiger partial charge in [-0.25, -0.2) is 9.97 Å². The van der Waals surface area contributed by atoms with Gasteiger partial charge in [0.2, 0.25) is 10.3 Å². The predicted molar refractivity (Wildman–Crippen MR) is 123 cm³/mol. The third-order valence-corrected chi connectivity index (χ3v) is 6.37. The van der Waals surface area contributed by atoms with Crippen molar-refractivity contribution in [3.8, 4) is 22.1 Å². The topological polar surface area (TPSA) is 97.5 Å². The second kappa shape index (κ2) is 7.89. The number of rotatable bonds is 5. The van der Waals surface area contributed by atoms with E-state index >= 15 is 0 Å². The Balaban J connectivity index is 1.44. The average Bonchev–Trinajstić information content (AvgIpc) is 3.50. The van der Waals surface area contributed by atoms with E-state index in [1.807, 2.05) is 53.9 Å². The van der Waals surface area contributed by atoms with Crippen LogP contribution in [-0.4, -0.2) is 26.9 Å². The maximum absolute atomic E-state index is 12.9. The molecule has 1 N–H and O–H groups in total. The molecular formula is C21H16N6O2S2. The van der Waals surface area contributed by atoms with Crippen LogP contribution in [0.4, 0.5) is 10.8 Å². The highest BCUT2D eigenvalue weighted by atomic mass is 32.1. The molecule has 0 aliphatic carbocycles. The molecule has 0 radical (unpaired) electrons. The van der Waals surface area contributed by atoms with Crippen LogP contribution in [0.5, 0.6) is 5.75 Å². The molecule has 5 aromatic rings. The van der Waals surface area contributed by atoms with Crippen LogP contribution in [0, 0.1) is 6.92 Å². The number of azo groups is 1. The van der Waals surface area contributed by atoms with Gasteiger partial charge in [-0.1, -0.05) is 23.5 Å². The number of aromatic nitrogens is 4. The van der Waals surface area contributed by atoms with E-state index in [0.717, 1.165) is 27.2 Å². The molecule has 0 bridgehead atoms. The summed E-state index contributed by atoms with van der Waals surface area (Å²) in [4.78, 5) is 21.9. The van der Waals surface area contributed by atoms with Crippen molar-refractivity contribution in [2.75, 3.05) is 7.11 Å². The molecule has 0 spiro atoms. The third kappa shape index (κ3) is 3.66. The fourth-order valence-electron chi connectivity index (χ4n) is 3.05. The predicted octanol–water partition coefficient (Wildman–Crippen LogP) is 5.63. The molecular weight excluding hydrogens is 432 g/mol. The smallest absolute Gasteiger partial charge is 0.301 e. The van der Waals surface area contributed by atoms with E-state index in [1.54, 1.807) is 14.0 Å². The third-order valence-electron chi connectivity index (χ3n) is 4.63. The van der Waals surface area contributed by atoms with Gasteiger partial charge in [0, 0.05) is 10.9 Å². The van der Waals surface area contributed by atoms with E-state index < -0.39 is 0 Å². The minimum atomic E-state index is -0.307. The van der Waals surface area contributed by atoms with E-state index in [0.29, 0.717) is 16.0 Å². The van der Waals surface area contributed by atoms with Gasteiger partial charge in [0.15, 0.2) is 5.69 Å². The van der Waals surface area contributed by atoms with Crippen molar-refractivity contribution in [1.82, 2.24) is 19.7 Å². The number of thiazole rings is 2. The standard InChI is InChI=1S/C21H16N6O2S2/c1-12-18(24-25-20-22-15-5-3-4-6-17(15)31-20)19(28)27(26-12)21-23-16(11-30-21)13-7-9-14(29-2)10-8-13/h3-11,26H,1-2H3. The lowest BCUT2D eigenvalue weighted by Crippen LogP contribution is -2.13. The molecule has 0 fully saturated rings. The van der Waals surface area contributed by atoms with Crippen molar-refractivity contribution in [2.24, 2.45) is 10.2 Å². The first kappa shape index (κ1) is 19.3. The van der Waals surface area contributed by atoms with Crippen LogP contribution in [0.1, 0.15) is 5.69 Å². The number of nitrogens with zero attached hydrogens (tertiary/aromatic N) is 5. The lowest BCUT2D eigenvalue weighted by Gasteiger charge is -2.00. The Kier molecular flexibility index (Phi) is 4.92. The summed E-state index contributed by atoms with van der Waals surface area (Å²) in [6, 6.07) is 15.4. The molecule has 5 rings (SSSR count). The van der Waals surface area contributed by atoms with Gasteiger partial charge >= 0.3 is 5.56 Å². The first-order chi connectivity index (χ1) is 15.1. The molecule has 2 aromatic carbocycles.